The number of ether oxygens (including phenoxy) is 1. The molecule has 2 atom stereocenters. The van der Waals surface area contributed by atoms with Crippen LogP contribution >= 0.6 is 11.6 Å². The topological polar surface area (TPSA) is 64.1 Å². The number of nitrogens with zero attached hydrogens (tertiary/aromatic N) is 1. The molecule has 17 heavy (non-hydrogen) atoms. The van der Waals surface area contributed by atoms with Crippen molar-refractivity contribution in [2.24, 2.45) is 0 Å². The quantitative estimate of drug-likeness (QED) is 0.811. The second-order valence-electron chi connectivity index (χ2n) is 4.03. The number of aromatic amines is 1. The van der Waals surface area contributed by atoms with E-state index in [2.05, 4.69) is 4.98 Å². The zero-order valence-electron chi connectivity index (χ0n) is 9.20. The Morgan fingerprint density at radius 2 is 2.29 bits per heavy atom. The molecule has 1 aromatic heterocycles. The Balaban J connectivity index is 2.48. The minimum absolute atomic E-state index is 0.241. The first-order valence-electron chi connectivity index (χ1n) is 5.33. The minimum Gasteiger partial charge on any atom is -0.376 e. The third kappa shape index (κ3) is 2.14. The van der Waals surface area contributed by atoms with Crippen LogP contribution in [0.15, 0.2) is 9.59 Å². The standard InChI is InChI=1S/C10H12ClFN2O3/c1-5(6-3-2-4-17-6)14-9(15)7(12)8(11)13-10(14)16/h5-6H,2-4H2,1H3,(H,13,16). The van der Waals surface area contributed by atoms with Crippen molar-refractivity contribution in [1.82, 2.24) is 9.55 Å². The van der Waals surface area contributed by atoms with Gasteiger partial charge in [-0.3, -0.25) is 14.3 Å². The zero-order chi connectivity index (χ0) is 12.6. The molecule has 1 N–H and O–H groups in total. The summed E-state index contributed by atoms with van der Waals surface area (Å²) in [5.74, 6) is -1.14. The minimum atomic E-state index is -1.14. The molecule has 94 valence electrons. The molecule has 0 spiro atoms. The summed E-state index contributed by atoms with van der Waals surface area (Å²) in [7, 11) is 0. The Kier molecular flexibility index (Phi) is 3.35. The highest BCUT2D eigenvalue weighted by Gasteiger charge is 2.27. The summed E-state index contributed by atoms with van der Waals surface area (Å²) in [5, 5.41) is -0.559. The number of halogens is 2. The molecular weight excluding hydrogens is 251 g/mol. The number of hydrogen-bond acceptors (Lipinski definition) is 3. The summed E-state index contributed by atoms with van der Waals surface area (Å²) in [5.41, 5.74) is -1.73. The Labute approximate surface area is 101 Å². The summed E-state index contributed by atoms with van der Waals surface area (Å²) in [6, 6.07) is -0.513. The Morgan fingerprint density at radius 3 is 2.88 bits per heavy atom. The van der Waals surface area contributed by atoms with Crippen molar-refractivity contribution < 1.29 is 9.13 Å². The van der Waals surface area contributed by atoms with E-state index in [9.17, 15) is 14.0 Å². The van der Waals surface area contributed by atoms with E-state index in [1.54, 1.807) is 6.92 Å². The second-order valence-corrected chi connectivity index (χ2v) is 4.40. The normalized spacial score (nSPS) is 21.7. The van der Waals surface area contributed by atoms with E-state index in [0.717, 1.165) is 17.4 Å². The Bertz CT molecular complexity index is 533. The molecule has 1 aliphatic rings. The lowest BCUT2D eigenvalue weighted by atomic mass is 10.1. The van der Waals surface area contributed by atoms with Crippen LogP contribution in [0.4, 0.5) is 4.39 Å². The molecule has 0 aromatic carbocycles. The first-order valence-corrected chi connectivity index (χ1v) is 5.71. The van der Waals surface area contributed by atoms with Crippen molar-refractivity contribution in [2.45, 2.75) is 31.9 Å². The second kappa shape index (κ2) is 4.62. The first-order chi connectivity index (χ1) is 8.02. The molecule has 0 aliphatic carbocycles. The van der Waals surface area contributed by atoms with Gasteiger partial charge in [-0.2, -0.15) is 4.39 Å². The third-order valence-electron chi connectivity index (χ3n) is 2.94. The smallest absolute Gasteiger partial charge is 0.329 e. The SMILES string of the molecule is CC(C1CCCO1)n1c(=O)[nH]c(Cl)c(F)c1=O. The summed E-state index contributed by atoms with van der Waals surface area (Å²) in [6.45, 7) is 2.25. The number of rotatable bonds is 2. The van der Waals surface area contributed by atoms with Gasteiger partial charge in [-0.25, -0.2) is 4.79 Å². The molecular formula is C10H12ClFN2O3. The van der Waals surface area contributed by atoms with Crippen molar-refractivity contribution in [1.29, 1.82) is 0 Å². The van der Waals surface area contributed by atoms with Gasteiger partial charge in [-0.05, 0) is 19.8 Å². The van der Waals surface area contributed by atoms with Crippen LogP contribution in [0.5, 0.6) is 0 Å². The summed E-state index contributed by atoms with van der Waals surface area (Å²) in [4.78, 5) is 25.3. The van der Waals surface area contributed by atoms with Gasteiger partial charge < -0.3 is 4.74 Å². The van der Waals surface area contributed by atoms with E-state index in [1.807, 2.05) is 0 Å². The van der Waals surface area contributed by atoms with Crippen LogP contribution in [0.25, 0.3) is 0 Å². The van der Waals surface area contributed by atoms with Crippen molar-refractivity contribution >= 4 is 11.6 Å². The maximum atomic E-state index is 13.3. The van der Waals surface area contributed by atoms with Gasteiger partial charge in [-0.15, -0.1) is 0 Å². The molecule has 2 unspecified atom stereocenters. The van der Waals surface area contributed by atoms with Gasteiger partial charge in [0.25, 0.3) is 5.56 Å². The van der Waals surface area contributed by atoms with E-state index in [1.165, 1.54) is 0 Å². The van der Waals surface area contributed by atoms with Crippen molar-refractivity contribution in [3.8, 4) is 0 Å². The van der Waals surface area contributed by atoms with Crippen LogP contribution in [0.2, 0.25) is 5.15 Å². The Morgan fingerprint density at radius 1 is 1.59 bits per heavy atom. The molecule has 0 saturated carbocycles. The Hall–Kier alpha value is -1.14. The van der Waals surface area contributed by atoms with Crippen molar-refractivity contribution in [2.75, 3.05) is 6.61 Å². The number of hydrogen-bond donors (Lipinski definition) is 1. The van der Waals surface area contributed by atoms with E-state index in [4.69, 9.17) is 16.3 Å². The average Bonchev–Trinajstić information content (AvgIpc) is 2.79. The zero-order valence-corrected chi connectivity index (χ0v) is 9.96. The van der Waals surface area contributed by atoms with Gasteiger partial charge in [0.1, 0.15) is 0 Å². The first kappa shape index (κ1) is 12.3. The maximum Gasteiger partial charge on any atom is 0.329 e. The highest BCUT2D eigenvalue weighted by molar-refractivity contribution is 6.29. The largest absolute Gasteiger partial charge is 0.376 e. The van der Waals surface area contributed by atoms with Crippen molar-refractivity contribution in [3.63, 3.8) is 0 Å². The van der Waals surface area contributed by atoms with Gasteiger partial charge in [0.05, 0.1) is 12.1 Å². The molecule has 0 radical (unpaired) electrons. The van der Waals surface area contributed by atoms with Crippen LogP contribution < -0.4 is 11.2 Å². The fraction of sp³-hybridized carbons (Fsp3) is 0.600. The molecule has 0 amide bonds. The molecule has 1 aliphatic heterocycles. The summed E-state index contributed by atoms with van der Waals surface area (Å²) >= 11 is 5.38. The van der Waals surface area contributed by atoms with Crippen LogP contribution in [-0.2, 0) is 4.74 Å². The van der Waals surface area contributed by atoms with Gasteiger partial charge >= 0.3 is 5.69 Å². The maximum absolute atomic E-state index is 13.3. The van der Waals surface area contributed by atoms with Gasteiger partial charge in [0.2, 0.25) is 5.82 Å². The lowest BCUT2D eigenvalue weighted by molar-refractivity contribution is 0.0701. The predicted octanol–water partition coefficient (Wildman–Crippen LogP) is 1.07. The van der Waals surface area contributed by atoms with E-state index < -0.39 is 28.3 Å². The van der Waals surface area contributed by atoms with E-state index in [0.29, 0.717) is 6.61 Å². The molecule has 7 heteroatoms. The molecule has 1 saturated heterocycles. The van der Waals surface area contributed by atoms with Gasteiger partial charge in [-0.1, -0.05) is 11.6 Å². The highest BCUT2D eigenvalue weighted by Crippen LogP contribution is 2.22. The molecule has 1 aromatic rings. The molecule has 1 fully saturated rings. The summed E-state index contributed by atoms with van der Waals surface area (Å²) < 4.78 is 19.5. The van der Waals surface area contributed by atoms with Crippen molar-refractivity contribution in [3.05, 3.63) is 31.8 Å². The van der Waals surface area contributed by atoms with E-state index in [-0.39, 0.29) is 6.10 Å². The lowest BCUT2D eigenvalue weighted by Gasteiger charge is -2.20. The third-order valence-corrected chi connectivity index (χ3v) is 3.21. The molecule has 0 bridgehead atoms. The van der Waals surface area contributed by atoms with Crippen LogP contribution in [-0.4, -0.2) is 22.3 Å². The number of H-pyrrole nitrogens is 1. The summed E-state index contributed by atoms with van der Waals surface area (Å²) in [6.07, 6.45) is 1.38. The fourth-order valence-corrected chi connectivity index (χ4v) is 2.18. The number of aromatic nitrogens is 2. The molecule has 5 nitrogen and oxygen atoms in total. The number of nitrogens with one attached hydrogen (secondary N) is 1. The average molecular weight is 263 g/mol. The lowest BCUT2D eigenvalue weighted by Crippen LogP contribution is -2.42. The molecule has 2 rings (SSSR count). The highest BCUT2D eigenvalue weighted by atomic mass is 35.5. The monoisotopic (exact) mass is 262 g/mol. The van der Waals surface area contributed by atoms with Gasteiger partial charge in [0.15, 0.2) is 5.15 Å². The van der Waals surface area contributed by atoms with Crippen LogP contribution in [0, 0.1) is 5.82 Å². The molecule has 2 heterocycles. The van der Waals surface area contributed by atoms with Crippen LogP contribution in [0.3, 0.4) is 0 Å². The van der Waals surface area contributed by atoms with E-state index >= 15 is 0 Å². The van der Waals surface area contributed by atoms with Gasteiger partial charge in [0, 0.05) is 6.61 Å². The predicted molar refractivity (Wildman–Crippen MR) is 60.0 cm³/mol. The van der Waals surface area contributed by atoms with Crippen LogP contribution in [0.1, 0.15) is 25.8 Å². The fourth-order valence-electron chi connectivity index (χ4n) is 2.02.